The molecular formula is C81H56IrN3. The van der Waals surface area contributed by atoms with Gasteiger partial charge in [-0.15, -0.1) is 36.5 Å². The molecular weight excluding hydrogens is 1210 g/mol. The van der Waals surface area contributed by atoms with Crippen LogP contribution in [0.3, 0.4) is 0 Å². The Labute approximate surface area is 511 Å². The molecule has 9 aromatic rings. The number of aromatic nitrogens is 3. The second-order valence-corrected chi connectivity index (χ2v) is 24.7. The van der Waals surface area contributed by atoms with Crippen LogP contribution < -0.4 is 0 Å². The third kappa shape index (κ3) is 8.20. The minimum atomic E-state index is -0.540. The first-order chi connectivity index (χ1) is 41.5. The van der Waals surface area contributed by atoms with Crippen molar-refractivity contribution in [2.24, 2.45) is 53.3 Å². The minimum absolute atomic E-state index is 0. The summed E-state index contributed by atoms with van der Waals surface area (Å²) >= 11 is 0. The van der Waals surface area contributed by atoms with Crippen LogP contribution in [0.1, 0.15) is 17.1 Å². The molecule has 12 aliphatic rings. The van der Waals surface area contributed by atoms with Gasteiger partial charge in [0.05, 0.1) is 0 Å². The molecule has 4 heteroatoms. The summed E-state index contributed by atoms with van der Waals surface area (Å²) in [6.45, 7) is 0. The van der Waals surface area contributed by atoms with Crippen LogP contribution in [0.25, 0.3) is 89.0 Å². The average Bonchev–Trinajstić information content (AvgIpc) is 1.88. The van der Waals surface area contributed by atoms with Gasteiger partial charge in [-0.05, 0) is 162 Å². The molecule has 6 unspecified atom stereocenters. The molecule has 0 spiro atoms. The third-order valence-electron chi connectivity index (χ3n) is 20.2. The molecule has 3 fully saturated rings. The first-order valence-electron chi connectivity index (χ1n) is 30.0. The Balaban J connectivity index is 0.00000567. The zero-order valence-corrected chi connectivity index (χ0v) is 48.9. The van der Waals surface area contributed by atoms with Gasteiger partial charge in [0.2, 0.25) is 0 Å². The Morgan fingerprint density at radius 1 is 0.247 bits per heavy atom. The molecule has 12 aliphatic carbocycles. The molecule has 0 saturated heterocycles. The van der Waals surface area contributed by atoms with Crippen molar-refractivity contribution in [2.45, 2.75) is 16.2 Å². The molecule has 3 aromatic heterocycles. The van der Waals surface area contributed by atoms with Crippen molar-refractivity contribution in [3.8, 4) is 89.0 Å². The monoisotopic (exact) mass is 1260 g/mol. The van der Waals surface area contributed by atoms with Gasteiger partial charge in [-0.25, -0.2) is 0 Å². The molecule has 6 aromatic carbocycles. The van der Waals surface area contributed by atoms with E-state index in [1.165, 1.54) is 11.1 Å². The van der Waals surface area contributed by atoms with E-state index in [0.29, 0.717) is 53.3 Å². The molecule has 3 nitrogen and oxygen atoms in total. The molecule has 21 rings (SSSR count). The summed E-state index contributed by atoms with van der Waals surface area (Å²) in [6.07, 6.45) is 52.9. The van der Waals surface area contributed by atoms with Gasteiger partial charge in [-0.2, -0.15) is 0 Å². The van der Waals surface area contributed by atoms with Gasteiger partial charge >= 0.3 is 20.1 Å². The second kappa shape index (κ2) is 19.3. The number of rotatable bonds is 11. The number of pyridine rings is 3. The maximum atomic E-state index is 5.44. The fraction of sp³-hybridized carbons (Fsp3) is 0.148. The van der Waals surface area contributed by atoms with Crippen molar-refractivity contribution in [3.05, 3.63) is 321 Å². The van der Waals surface area contributed by atoms with Crippen molar-refractivity contribution >= 4 is 0 Å². The van der Waals surface area contributed by atoms with E-state index in [2.05, 4.69) is 304 Å². The summed E-state index contributed by atoms with van der Waals surface area (Å²) in [6, 6.07) is 64.7. The van der Waals surface area contributed by atoms with E-state index in [-0.39, 0.29) is 20.1 Å². The van der Waals surface area contributed by atoms with Gasteiger partial charge < -0.3 is 18.2 Å². The van der Waals surface area contributed by atoms with Gasteiger partial charge in [-0.3, -0.25) is 33.2 Å². The fourth-order valence-electron chi connectivity index (χ4n) is 15.1. The van der Waals surface area contributed by atoms with Gasteiger partial charge in [0.25, 0.3) is 0 Å². The van der Waals surface area contributed by atoms with E-state index in [4.69, 9.17) is 15.0 Å². The number of benzene rings is 6. The van der Waals surface area contributed by atoms with Crippen molar-refractivity contribution < 1.29 is 20.1 Å². The maximum Gasteiger partial charge on any atom is 3.00 e. The number of allylic oxidation sites excluding steroid dienone is 18. The quantitative estimate of drug-likeness (QED) is 0.0957. The van der Waals surface area contributed by atoms with Crippen molar-refractivity contribution in [3.63, 3.8) is 0 Å². The fourth-order valence-corrected chi connectivity index (χ4v) is 15.1. The number of hydrogen-bond acceptors (Lipinski definition) is 3. The van der Waals surface area contributed by atoms with E-state index >= 15 is 0 Å². The predicted molar refractivity (Wildman–Crippen MR) is 338 cm³/mol. The van der Waals surface area contributed by atoms with Crippen LogP contribution in [0.15, 0.2) is 286 Å². The molecule has 85 heavy (non-hydrogen) atoms. The first kappa shape index (κ1) is 50.6. The summed E-state index contributed by atoms with van der Waals surface area (Å²) in [5.41, 5.74) is 19.4. The molecule has 0 radical (unpaired) electrons. The van der Waals surface area contributed by atoms with Crippen molar-refractivity contribution in [1.82, 2.24) is 15.0 Å². The molecule has 404 valence electrons. The van der Waals surface area contributed by atoms with Gasteiger partial charge in [-0.1, -0.05) is 192 Å². The van der Waals surface area contributed by atoms with E-state index in [0.717, 1.165) is 95.0 Å². The van der Waals surface area contributed by atoms with Crippen LogP contribution in [-0.4, -0.2) is 15.0 Å². The van der Waals surface area contributed by atoms with Gasteiger partial charge in [0, 0.05) is 52.4 Å². The Kier molecular flexibility index (Phi) is 11.5. The molecule has 3 saturated carbocycles. The molecule has 0 aliphatic heterocycles. The maximum absolute atomic E-state index is 5.44. The summed E-state index contributed by atoms with van der Waals surface area (Å²) in [5.74, 6) is 5.10. The van der Waals surface area contributed by atoms with Crippen LogP contribution >= 0.6 is 0 Å². The minimum Gasteiger partial charge on any atom is -0.480 e. The van der Waals surface area contributed by atoms with Crippen LogP contribution in [0.5, 0.6) is 0 Å². The van der Waals surface area contributed by atoms with Crippen molar-refractivity contribution in [1.29, 1.82) is 0 Å². The third-order valence-corrected chi connectivity index (χ3v) is 20.2. The normalized spacial score (nSPS) is 28.9. The number of hydrogen-bond donors (Lipinski definition) is 0. The Morgan fingerprint density at radius 3 is 0.988 bits per heavy atom. The van der Waals surface area contributed by atoms with E-state index in [1.54, 1.807) is 0 Å². The Bertz CT molecular complexity index is 4170. The molecule has 12 bridgehead atoms. The van der Waals surface area contributed by atoms with Gasteiger partial charge in [0.15, 0.2) is 0 Å². The number of nitrogens with zero attached hydrogens (tertiary/aromatic N) is 3. The average molecular weight is 1260 g/mol. The zero-order chi connectivity index (χ0) is 55.1. The second-order valence-electron chi connectivity index (χ2n) is 24.7. The summed E-state index contributed by atoms with van der Waals surface area (Å²) in [5, 5.41) is 0. The standard InChI is InChI=1S/C81H56N3.Ir/c1-2-10-51(11-3-1)52-18-20-53(21-19-52)74-47-78(81-41-32-71-72(33-42-81)73(71)34-43-81)84-50-75(74)64-17-9-8-16-63(64)58-45-56(61-14-6-4-12-59(61)54-22-24-76(82-48-54)79-35-26-65-66(27-36-79)67(65)28-37-79)44-57(46-58)62-15-7-5-13-60(62)55-23-25-77(83-49-55)80-38-29-68-69(30-39-80)70(68)31-40-80;/h1-36,38-39,41-42,44-50,65-73H;/q-3;+3. The molecule has 3 heterocycles. The largest absolute Gasteiger partial charge is 3.00 e. The van der Waals surface area contributed by atoms with Crippen LogP contribution in [-0.2, 0) is 36.4 Å². The summed E-state index contributed by atoms with van der Waals surface area (Å²) in [4.78, 5) is 15.9. The van der Waals surface area contributed by atoms with E-state index < -0.39 is 16.2 Å². The molecule has 6 atom stereocenters. The molecule has 0 amide bonds. The van der Waals surface area contributed by atoms with Crippen LogP contribution in [0.4, 0.5) is 0 Å². The molecule has 0 N–H and O–H groups in total. The summed E-state index contributed by atoms with van der Waals surface area (Å²) in [7, 11) is 0. The van der Waals surface area contributed by atoms with Crippen molar-refractivity contribution in [2.75, 3.05) is 0 Å². The predicted octanol–water partition coefficient (Wildman–Crippen LogP) is 18.0. The van der Waals surface area contributed by atoms with Crippen LogP contribution in [0, 0.1) is 71.5 Å². The zero-order valence-electron chi connectivity index (χ0n) is 46.5. The SMILES string of the molecule is [C-]1=CC2C3C=CC1(c1ccc(-c4ccccc4-c4cc(-c5ccccc5-c5ccc(C67[C-]=CC8C(C=C6)C8C=C7)nc5)cc(-c5ccccc5-c5cnc(C67[C-]=CC8C(C=C6)C8C=C7)cc5-c5ccc(-c6ccccc6)cc5)c4)cn1)C=CC23.[Ir+3]. The van der Waals surface area contributed by atoms with Gasteiger partial charge in [0.1, 0.15) is 0 Å². The smallest absolute Gasteiger partial charge is 0.480 e. The topological polar surface area (TPSA) is 38.7 Å². The van der Waals surface area contributed by atoms with Crippen LogP contribution in [0.2, 0.25) is 0 Å². The summed E-state index contributed by atoms with van der Waals surface area (Å²) < 4.78 is 0. The van der Waals surface area contributed by atoms with E-state index in [1.807, 2.05) is 0 Å². The van der Waals surface area contributed by atoms with E-state index in [9.17, 15) is 0 Å². The Morgan fingerprint density at radius 2 is 0.576 bits per heavy atom. The Hall–Kier alpha value is -8.92. The first-order valence-corrected chi connectivity index (χ1v) is 30.0.